The Morgan fingerprint density at radius 2 is 1.53 bits per heavy atom. The quantitative estimate of drug-likeness (QED) is 0.872. The van der Waals surface area contributed by atoms with E-state index in [0.717, 1.165) is 5.56 Å². The fourth-order valence-corrected chi connectivity index (χ4v) is 2.07. The zero-order valence-electron chi connectivity index (χ0n) is 10.1. The minimum absolute atomic E-state index is 0.0475. The van der Waals surface area contributed by atoms with E-state index >= 15 is 0 Å². The minimum atomic E-state index is -2.49. The van der Waals surface area contributed by atoms with Crippen molar-refractivity contribution in [1.82, 2.24) is 0 Å². The monoisotopic (exact) mass is 282 g/mol. The molecule has 19 heavy (non-hydrogen) atoms. The minimum Gasteiger partial charge on any atom is -0.388 e. The highest BCUT2D eigenvalue weighted by atomic mass is 35.5. The van der Waals surface area contributed by atoms with Crippen molar-refractivity contribution >= 4 is 11.6 Å². The zero-order chi connectivity index (χ0) is 13.8. The summed E-state index contributed by atoms with van der Waals surface area (Å²) < 4.78 is 24.8. The van der Waals surface area contributed by atoms with E-state index < -0.39 is 12.5 Å². The van der Waals surface area contributed by atoms with Crippen LogP contribution in [0.2, 0.25) is 5.02 Å². The Labute approximate surface area is 115 Å². The van der Waals surface area contributed by atoms with Gasteiger partial charge in [-0.05, 0) is 17.2 Å². The molecule has 1 nitrogen and oxygen atoms in total. The maximum absolute atomic E-state index is 12.4. The Balaban J connectivity index is 2.12. The van der Waals surface area contributed by atoms with Crippen molar-refractivity contribution in [2.45, 2.75) is 19.0 Å². The van der Waals surface area contributed by atoms with Crippen LogP contribution in [0.1, 0.15) is 29.2 Å². The van der Waals surface area contributed by atoms with Crippen LogP contribution in [0.25, 0.3) is 0 Å². The lowest BCUT2D eigenvalue weighted by atomic mass is 10.0. The highest BCUT2D eigenvalue weighted by Gasteiger charge is 2.12. The average Bonchev–Trinajstić information content (AvgIpc) is 2.41. The second-order valence-electron chi connectivity index (χ2n) is 4.28. The number of rotatable bonds is 4. The largest absolute Gasteiger partial charge is 0.388 e. The molecule has 0 bridgehead atoms. The predicted octanol–water partition coefficient (Wildman–Crippen LogP) is 4.55. The molecule has 0 radical (unpaired) electrons. The molecule has 1 unspecified atom stereocenters. The number of hydrogen-bond donors (Lipinski definition) is 1. The molecule has 2 aromatic carbocycles. The molecule has 0 aliphatic carbocycles. The van der Waals surface area contributed by atoms with E-state index in [4.69, 9.17) is 11.6 Å². The fourth-order valence-electron chi connectivity index (χ4n) is 1.85. The first-order chi connectivity index (χ1) is 9.08. The summed E-state index contributed by atoms with van der Waals surface area (Å²) >= 11 is 6.01. The van der Waals surface area contributed by atoms with Crippen molar-refractivity contribution in [1.29, 1.82) is 0 Å². The topological polar surface area (TPSA) is 20.2 Å². The molecular weight excluding hydrogens is 270 g/mol. The van der Waals surface area contributed by atoms with Gasteiger partial charge in [-0.1, -0.05) is 54.1 Å². The van der Waals surface area contributed by atoms with E-state index in [1.165, 1.54) is 24.3 Å². The number of aliphatic hydroxyl groups is 1. The molecule has 0 spiro atoms. The third-order valence-electron chi connectivity index (χ3n) is 2.94. The first kappa shape index (κ1) is 14.0. The molecule has 0 saturated heterocycles. The molecule has 2 aromatic rings. The van der Waals surface area contributed by atoms with Crippen molar-refractivity contribution in [3.05, 3.63) is 70.2 Å². The van der Waals surface area contributed by atoms with Gasteiger partial charge in [0, 0.05) is 17.0 Å². The second-order valence-corrected chi connectivity index (χ2v) is 4.69. The van der Waals surface area contributed by atoms with E-state index in [1.807, 2.05) is 18.2 Å². The molecular formula is C15H13ClF2O. The number of alkyl halides is 2. The molecule has 2 rings (SSSR count). The van der Waals surface area contributed by atoms with Gasteiger partial charge in [0.2, 0.25) is 0 Å². The van der Waals surface area contributed by atoms with Gasteiger partial charge >= 0.3 is 0 Å². The summed E-state index contributed by atoms with van der Waals surface area (Å²) in [7, 11) is 0. The normalized spacial score (nSPS) is 12.7. The van der Waals surface area contributed by atoms with Crippen LogP contribution in [0, 0.1) is 0 Å². The van der Waals surface area contributed by atoms with Crippen LogP contribution < -0.4 is 0 Å². The third kappa shape index (κ3) is 3.52. The zero-order valence-corrected chi connectivity index (χ0v) is 10.8. The van der Waals surface area contributed by atoms with Crippen molar-refractivity contribution in [2.24, 2.45) is 0 Å². The second kappa shape index (κ2) is 6.13. The molecule has 0 fully saturated rings. The van der Waals surface area contributed by atoms with E-state index in [0.29, 0.717) is 17.0 Å². The first-order valence-corrected chi connectivity index (χ1v) is 6.25. The smallest absolute Gasteiger partial charge is 0.263 e. The van der Waals surface area contributed by atoms with Gasteiger partial charge in [0.25, 0.3) is 6.43 Å². The van der Waals surface area contributed by atoms with Gasteiger partial charge in [-0.3, -0.25) is 0 Å². The van der Waals surface area contributed by atoms with Gasteiger partial charge in [-0.25, -0.2) is 8.78 Å². The van der Waals surface area contributed by atoms with Gasteiger partial charge in [0.05, 0.1) is 6.10 Å². The summed E-state index contributed by atoms with van der Waals surface area (Å²) in [6.45, 7) is 0. The van der Waals surface area contributed by atoms with Gasteiger partial charge in [0.1, 0.15) is 0 Å². The Morgan fingerprint density at radius 3 is 2.11 bits per heavy atom. The van der Waals surface area contributed by atoms with Crippen LogP contribution in [-0.2, 0) is 6.42 Å². The maximum atomic E-state index is 12.4. The van der Waals surface area contributed by atoms with Gasteiger partial charge in [0.15, 0.2) is 0 Å². The highest BCUT2D eigenvalue weighted by molar-refractivity contribution is 6.31. The summed E-state index contributed by atoms with van der Waals surface area (Å²) in [5, 5.41) is 10.7. The number of aliphatic hydroxyl groups excluding tert-OH is 1. The number of halogens is 3. The van der Waals surface area contributed by atoms with Crippen LogP contribution in [0.15, 0.2) is 48.5 Å². The standard InChI is InChI=1S/C15H13ClF2O/c16-13-4-2-1-3-12(13)9-14(19)10-5-7-11(8-6-10)15(17)18/h1-8,14-15,19H,9H2. The molecule has 4 heteroatoms. The fraction of sp³-hybridized carbons (Fsp3) is 0.200. The average molecular weight is 283 g/mol. The molecule has 0 saturated carbocycles. The molecule has 0 aromatic heterocycles. The predicted molar refractivity (Wildman–Crippen MR) is 71.5 cm³/mol. The van der Waals surface area contributed by atoms with E-state index in [2.05, 4.69) is 0 Å². The lowest BCUT2D eigenvalue weighted by Gasteiger charge is -2.12. The van der Waals surface area contributed by atoms with Crippen molar-refractivity contribution in [3.8, 4) is 0 Å². The van der Waals surface area contributed by atoms with Gasteiger partial charge < -0.3 is 5.11 Å². The SMILES string of the molecule is OC(Cc1ccccc1Cl)c1ccc(C(F)F)cc1. The Kier molecular flexibility index (Phi) is 4.51. The molecule has 1 N–H and O–H groups in total. The van der Waals surface area contributed by atoms with Crippen LogP contribution in [0.4, 0.5) is 8.78 Å². The Bertz CT molecular complexity index is 540. The summed E-state index contributed by atoms with van der Waals surface area (Å²) in [4.78, 5) is 0. The highest BCUT2D eigenvalue weighted by Crippen LogP contribution is 2.25. The van der Waals surface area contributed by atoms with Crippen LogP contribution in [-0.4, -0.2) is 5.11 Å². The molecule has 1 atom stereocenters. The van der Waals surface area contributed by atoms with Crippen LogP contribution in [0.5, 0.6) is 0 Å². The molecule has 0 aliphatic heterocycles. The van der Waals surface area contributed by atoms with Gasteiger partial charge in [-0.15, -0.1) is 0 Å². The number of hydrogen-bond acceptors (Lipinski definition) is 1. The van der Waals surface area contributed by atoms with Crippen molar-refractivity contribution < 1.29 is 13.9 Å². The van der Waals surface area contributed by atoms with E-state index in [9.17, 15) is 13.9 Å². The lowest BCUT2D eigenvalue weighted by Crippen LogP contribution is -2.02. The molecule has 0 amide bonds. The molecule has 0 heterocycles. The van der Waals surface area contributed by atoms with E-state index in [1.54, 1.807) is 6.07 Å². The van der Waals surface area contributed by atoms with Crippen molar-refractivity contribution in [2.75, 3.05) is 0 Å². The first-order valence-electron chi connectivity index (χ1n) is 5.87. The lowest BCUT2D eigenvalue weighted by molar-refractivity contribution is 0.151. The molecule has 100 valence electrons. The summed E-state index contributed by atoms with van der Waals surface area (Å²) in [6, 6.07) is 12.9. The molecule has 0 aliphatic rings. The Morgan fingerprint density at radius 1 is 0.947 bits per heavy atom. The van der Waals surface area contributed by atoms with Crippen LogP contribution in [0.3, 0.4) is 0 Å². The number of benzene rings is 2. The summed E-state index contributed by atoms with van der Waals surface area (Å²) in [5.41, 5.74) is 1.38. The van der Waals surface area contributed by atoms with Gasteiger partial charge in [-0.2, -0.15) is 0 Å². The summed E-state index contributed by atoms with van der Waals surface area (Å²) in [6.07, 6.45) is -2.89. The van der Waals surface area contributed by atoms with Crippen molar-refractivity contribution in [3.63, 3.8) is 0 Å². The van der Waals surface area contributed by atoms with E-state index in [-0.39, 0.29) is 5.56 Å². The van der Waals surface area contributed by atoms with Crippen LogP contribution >= 0.6 is 11.6 Å². The summed E-state index contributed by atoms with van der Waals surface area (Å²) in [5.74, 6) is 0. The Hall–Kier alpha value is -1.45. The maximum Gasteiger partial charge on any atom is 0.263 e. The third-order valence-corrected chi connectivity index (χ3v) is 3.31.